The smallest absolute Gasteiger partial charge is 0.0474 e. The van der Waals surface area contributed by atoms with Crippen LogP contribution >= 0.6 is 23.5 Å². The fraction of sp³-hybridized carbons (Fsp3) is 0.810. The normalized spacial score (nSPS) is 11.9. The number of hydrogen-bond acceptors (Lipinski definition) is 2. The van der Waals surface area contributed by atoms with E-state index in [4.69, 9.17) is 0 Å². The van der Waals surface area contributed by atoms with Crippen LogP contribution in [-0.4, -0.2) is 5.08 Å². The molecular formula is C21H40S2. The number of rotatable bonds is 18. The van der Waals surface area contributed by atoms with Crippen molar-refractivity contribution >= 4 is 23.5 Å². The van der Waals surface area contributed by atoms with Crippen molar-refractivity contribution in [2.75, 3.05) is 5.08 Å². The van der Waals surface area contributed by atoms with Gasteiger partial charge in [0.1, 0.15) is 0 Å². The maximum absolute atomic E-state index is 2.35. The third-order valence-corrected chi connectivity index (χ3v) is 5.83. The number of unbranched alkanes of at least 4 members (excludes halogenated alkanes) is 12. The van der Waals surface area contributed by atoms with Gasteiger partial charge in [-0.2, -0.15) is 0 Å². The summed E-state index contributed by atoms with van der Waals surface area (Å²) in [6, 6.07) is 0. The lowest BCUT2D eigenvalue weighted by Crippen LogP contribution is -1.77. The summed E-state index contributed by atoms with van der Waals surface area (Å²) in [6.07, 6.45) is 24.0. The van der Waals surface area contributed by atoms with Crippen LogP contribution in [0.3, 0.4) is 0 Å². The highest BCUT2D eigenvalue weighted by atomic mass is 32.2. The van der Waals surface area contributed by atoms with Gasteiger partial charge < -0.3 is 0 Å². The molecule has 0 aromatic rings. The Morgan fingerprint density at radius 2 is 0.913 bits per heavy atom. The van der Waals surface area contributed by atoms with E-state index < -0.39 is 0 Å². The van der Waals surface area contributed by atoms with E-state index in [1.807, 2.05) is 23.5 Å². The van der Waals surface area contributed by atoms with Crippen LogP contribution in [0.2, 0.25) is 0 Å². The molecule has 136 valence electrons. The van der Waals surface area contributed by atoms with E-state index in [0.717, 1.165) is 5.08 Å². The molecule has 0 nitrogen and oxygen atoms in total. The molecule has 0 atom stereocenters. The lowest BCUT2D eigenvalue weighted by Gasteiger charge is -1.98. The van der Waals surface area contributed by atoms with Crippen LogP contribution in [0.5, 0.6) is 0 Å². The van der Waals surface area contributed by atoms with Crippen LogP contribution in [0.25, 0.3) is 0 Å². The molecule has 2 heteroatoms. The SMILES string of the molecule is CCCCCCCC/C=C\SCS/C=C\CCCCCCCC. The molecule has 0 aliphatic rings. The molecule has 0 N–H and O–H groups in total. The Kier molecular flexibility index (Phi) is 22.4. The lowest BCUT2D eigenvalue weighted by molar-refractivity contribution is 0.611. The second-order valence-corrected chi connectivity index (χ2v) is 8.46. The van der Waals surface area contributed by atoms with Crippen molar-refractivity contribution in [2.45, 2.75) is 104 Å². The monoisotopic (exact) mass is 356 g/mol. The Hall–Kier alpha value is 0.180. The van der Waals surface area contributed by atoms with E-state index in [1.54, 1.807) is 0 Å². The summed E-state index contributed by atoms with van der Waals surface area (Å²) in [5.74, 6) is 0. The largest absolute Gasteiger partial charge is 0.123 e. The lowest BCUT2D eigenvalue weighted by atomic mass is 10.1. The number of allylic oxidation sites excluding steroid dienone is 2. The third kappa shape index (κ3) is 22.2. The van der Waals surface area contributed by atoms with Crippen molar-refractivity contribution in [2.24, 2.45) is 0 Å². The maximum atomic E-state index is 2.35. The summed E-state index contributed by atoms with van der Waals surface area (Å²) in [7, 11) is 0. The highest BCUT2D eigenvalue weighted by molar-refractivity contribution is 8.18. The fourth-order valence-electron chi connectivity index (χ4n) is 2.48. The van der Waals surface area contributed by atoms with Gasteiger partial charge in [0, 0.05) is 5.08 Å². The molecule has 0 bridgehead atoms. The minimum atomic E-state index is 1.15. The predicted molar refractivity (Wildman–Crippen MR) is 114 cm³/mol. The zero-order chi connectivity index (χ0) is 16.8. The molecule has 0 fully saturated rings. The molecule has 0 radical (unpaired) electrons. The topological polar surface area (TPSA) is 0 Å². The second-order valence-electron chi connectivity index (χ2n) is 6.31. The van der Waals surface area contributed by atoms with Gasteiger partial charge in [-0.25, -0.2) is 0 Å². The van der Waals surface area contributed by atoms with Crippen LogP contribution < -0.4 is 0 Å². The molecule has 0 aromatic carbocycles. The molecule has 0 saturated carbocycles. The first kappa shape index (κ1) is 23.2. The molecular weight excluding hydrogens is 316 g/mol. The minimum Gasteiger partial charge on any atom is -0.123 e. The van der Waals surface area contributed by atoms with Gasteiger partial charge in [0.05, 0.1) is 0 Å². The van der Waals surface area contributed by atoms with E-state index in [1.165, 1.54) is 89.9 Å². The number of thioether (sulfide) groups is 2. The van der Waals surface area contributed by atoms with Crippen molar-refractivity contribution in [3.63, 3.8) is 0 Å². The minimum absolute atomic E-state index is 1.15. The third-order valence-electron chi connectivity index (χ3n) is 3.97. The maximum Gasteiger partial charge on any atom is 0.0474 e. The summed E-state index contributed by atoms with van der Waals surface area (Å²) in [5.41, 5.74) is 0. The molecule has 23 heavy (non-hydrogen) atoms. The van der Waals surface area contributed by atoms with Crippen LogP contribution in [-0.2, 0) is 0 Å². The van der Waals surface area contributed by atoms with E-state index in [-0.39, 0.29) is 0 Å². The van der Waals surface area contributed by atoms with Gasteiger partial charge in [-0.05, 0) is 36.5 Å². The van der Waals surface area contributed by atoms with Gasteiger partial charge in [-0.1, -0.05) is 90.2 Å². The fourth-order valence-corrected chi connectivity index (χ4v) is 3.96. The molecule has 0 spiro atoms. The Balaban J connectivity index is 3.13. The van der Waals surface area contributed by atoms with Crippen molar-refractivity contribution in [1.82, 2.24) is 0 Å². The molecule has 0 rings (SSSR count). The first-order valence-electron chi connectivity index (χ1n) is 9.95. The molecule has 0 aromatic heterocycles. The van der Waals surface area contributed by atoms with Crippen LogP contribution in [0.4, 0.5) is 0 Å². The van der Waals surface area contributed by atoms with Crippen molar-refractivity contribution < 1.29 is 0 Å². The summed E-state index contributed by atoms with van der Waals surface area (Å²) in [6.45, 7) is 4.56. The van der Waals surface area contributed by atoms with Gasteiger partial charge in [0.2, 0.25) is 0 Å². The summed E-state index contributed by atoms with van der Waals surface area (Å²) >= 11 is 3.87. The molecule has 0 amide bonds. The standard InChI is InChI=1S/C21H40S2/c1-3-5-7-9-11-13-15-17-19-22-21-23-20-18-16-14-12-10-8-6-4-2/h17-20H,3-16,21H2,1-2H3/b19-17-,20-18-. The van der Waals surface area contributed by atoms with Crippen molar-refractivity contribution in [1.29, 1.82) is 0 Å². The summed E-state index contributed by atoms with van der Waals surface area (Å²) < 4.78 is 0. The van der Waals surface area contributed by atoms with E-state index in [9.17, 15) is 0 Å². The van der Waals surface area contributed by atoms with Crippen molar-refractivity contribution in [3.8, 4) is 0 Å². The van der Waals surface area contributed by atoms with Gasteiger partial charge in [0.25, 0.3) is 0 Å². The first-order chi connectivity index (χ1) is 11.4. The molecule has 0 aliphatic heterocycles. The average molecular weight is 357 g/mol. The van der Waals surface area contributed by atoms with Crippen molar-refractivity contribution in [3.05, 3.63) is 23.0 Å². The van der Waals surface area contributed by atoms with E-state index >= 15 is 0 Å². The predicted octanol–water partition coefficient (Wildman–Crippen LogP) is 8.94. The molecule has 0 heterocycles. The van der Waals surface area contributed by atoms with Crippen LogP contribution in [0.15, 0.2) is 23.0 Å². The van der Waals surface area contributed by atoms with Crippen LogP contribution in [0, 0.1) is 0 Å². The van der Waals surface area contributed by atoms with Gasteiger partial charge >= 0.3 is 0 Å². The molecule has 0 saturated heterocycles. The van der Waals surface area contributed by atoms with Gasteiger partial charge in [0.15, 0.2) is 0 Å². The number of hydrogen-bond donors (Lipinski definition) is 0. The van der Waals surface area contributed by atoms with E-state index in [0.29, 0.717) is 0 Å². The first-order valence-corrected chi connectivity index (χ1v) is 12.0. The molecule has 0 unspecified atom stereocenters. The Morgan fingerprint density at radius 1 is 0.522 bits per heavy atom. The Labute approximate surface area is 155 Å². The van der Waals surface area contributed by atoms with E-state index in [2.05, 4.69) is 36.8 Å². The highest BCUT2D eigenvalue weighted by Gasteiger charge is 1.89. The van der Waals surface area contributed by atoms with Gasteiger partial charge in [-0.15, -0.1) is 23.5 Å². The second kappa shape index (κ2) is 22.2. The van der Waals surface area contributed by atoms with Gasteiger partial charge in [-0.3, -0.25) is 0 Å². The zero-order valence-electron chi connectivity index (χ0n) is 15.7. The summed E-state index contributed by atoms with van der Waals surface area (Å²) in [5, 5.41) is 5.74. The molecule has 0 aliphatic carbocycles. The van der Waals surface area contributed by atoms with Crippen LogP contribution in [0.1, 0.15) is 104 Å². The highest BCUT2D eigenvalue weighted by Crippen LogP contribution is 2.16. The Bertz CT molecular complexity index is 233. The summed E-state index contributed by atoms with van der Waals surface area (Å²) in [4.78, 5) is 0. The quantitative estimate of drug-likeness (QED) is 0.177. The average Bonchev–Trinajstić information content (AvgIpc) is 2.57. The zero-order valence-corrected chi connectivity index (χ0v) is 17.4. The Morgan fingerprint density at radius 3 is 1.35 bits per heavy atom.